The van der Waals surface area contributed by atoms with Crippen LogP contribution < -0.4 is 21.1 Å². The average molecular weight is 806 g/mol. The average Bonchev–Trinajstić information content (AvgIpc) is 3.96. The Morgan fingerprint density at radius 3 is 1.57 bits per heavy atom. The van der Waals surface area contributed by atoms with Crippen molar-refractivity contribution in [1.29, 1.82) is 0 Å². The van der Waals surface area contributed by atoms with Crippen molar-refractivity contribution in [1.82, 2.24) is 13.7 Å². The number of hydrogen-bond acceptors (Lipinski definition) is 1. The molecule has 0 saturated heterocycles. The lowest BCUT2D eigenvalue weighted by atomic mass is 9.34. The lowest BCUT2D eigenvalue weighted by Gasteiger charge is -2.35. The highest BCUT2D eigenvalue weighted by atomic mass is 16.5. The second-order valence-corrected chi connectivity index (χ2v) is 18.5. The summed E-state index contributed by atoms with van der Waals surface area (Å²) in [5.41, 5.74) is 18.0. The minimum Gasteiger partial charge on any atom is -0.458 e. The van der Waals surface area contributed by atoms with Gasteiger partial charge in [-0.3, -0.25) is 0 Å². The van der Waals surface area contributed by atoms with E-state index in [1.807, 2.05) is 0 Å². The maximum Gasteiger partial charge on any atom is 0.256 e. The summed E-state index contributed by atoms with van der Waals surface area (Å²) in [5, 5.41) is 7.48. The van der Waals surface area contributed by atoms with E-state index in [9.17, 15) is 0 Å². The number of hydrogen-bond donors (Lipinski definition) is 0. The molecular formula is C58H40BN3O. The van der Waals surface area contributed by atoms with Crippen molar-refractivity contribution in [3.63, 3.8) is 0 Å². The number of rotatable bonds is 3. The Balaban J connectivity index is 1.15. The third-order valence-corrected chi connectivity index (χ3v) is 14.0. The molecule has 0 aliphatic carbocycles. The lowest BCUT2D eigenvalue weighted by molar-refractivity contribution is 0.486. The van der Waals surface area contributed by atoms with Gasteiger partial charge in [0.15, 0.2) is 0 Å². The van der Waals surface area contributed by atoms with E-state index in [1.54, 1.807) is 0 Å². The lowest BCUT2D eigenvalue weighted by Crippen LogP contribution is -2.58. The quantitative estimate of drug-likeness (QED) is 0.163. The van der Waals surface area contributed by atoms with Gasteiger partial charge in [-0.1, -0.05) is 136 Å². The van der Waals surface area contributed by atoms with Gasteiger partial charge in [0.1, 0.15) is 11.5 Å². The zero-order valence-electron chi connectivity index (χ0n) is 35.2. The Bertz CT molecular complexity index is 3830. The maximum absolute atomic E-state index is 7.10. The van der Waals surface area contributed by atoms with Crippen molar-refractivity contribution in [2.24, 2.45) is 0 Å². The largest absolute Gasteiger partial charge is 0.458 e. The fraction of sp³-hybridized carbons (Fsp3) is 0.0690. The number of para-hydroxylation sites is 4. The molecule has 0 amide bonds. The first-order valence-electron chi connectivity index (χ1n) is 22.0. The second kappa shape index (κ2) is 12.4. The molecule has 5 heteroatoms. The van der Waals surface area contributed by atoms with Crippen molar-refractivity contribution in [3.8, 4) is 39.7 Å². The van der Waals surface area contributed by atoms with Gasteiger partial charge in [0.05, 0.1) is 27.6 Å². The molecule has 4 nitrogen and oxygen atoms in total. The molecule has 0 spiro atoms. The van der Waals surface area contributed by atoms with E-state index in [1.165, 1.54) is 98.6 Å². The van der Waals surface area contributed by atoms with Gasteiger partial charge in [-0.25, -0.2) is 0 Å². The Labute approximate surface area is 364 Å². The molecule has 63 heavy (non-hydrogen) atoms. The molecule has 0 saturated carbocycles. The van der Waals surface area contributed by atoms with E-state index in [-0.39, 0.29) is 12.1 Å². The van der Waals surface area contributed by atoms with Gasteiger partial charge < -0.3 is 18.4 Å². The van der Waals surface area contributed by atoms with E-state index >= 15 is 0 Å². The summed E-state index contributed by atoms with van der Waals surface area (Å²) in [6.07, 6.45) is 0. The van der Waals surface area contributed by atoms with Crippen LogP contribution in [0.4, 0.5) is 0 Å². The van der Waals surface area contributed by atoms with Crippen LogP contribution in [-0.2, 0) is 5.41 Å². The van der Waals surface area contributed by atoms with Crippen molar-refractivity contribution < 1.29 is 4.74 Å². The molecule has 14 rings (SSSR count). The van der Waals surface area contributed by atoms with Crippen molar-refractivity contribution in [2.45, 2.75) is 26.2 Å². The molecule has 0 unspecified atom stereocenters. The van der Waals surface area contributed by atoms with Gasteiger partial charge in [-0.05, 0) is 111 Å². The Kier molecular flexibility index (Phi) is 6.88. The van der Waals surface area contributed by atoms with E-state index in [4.69, 9.17) is 4.74 Å². The number of aromatic nitrogens is 3. The third-order valence-electron chi connectivity index (χ3n) is 14.0. The van der Waals surface area contributed by atoms with Crippen LogP contribution in [0.2, 0.25) is 0 Å². The van der Waals surface area contributed by atoms with Gasteiger partial charge in [-0.2, -0.15) is 0 Å². The summed E-state index contributed by atoms with van der Waals surface area (Å²) in [6.45, 7) is 6.85. The molecule has 3 aromatic heterocycles. The minimum absolute atomic E-state index is 0.0395. The van der Waals surface area contributed by atoms with Crippen LogP contribution in [-0.4, -0.2) is 20.4 Å². The first kappa shape index (κ1) is 34.9. The molecule has 0 bridgehead atoms. The normalized spacial score (nSPS) is 13.1. The summed E-state index contributed by atoms with van der Waals surface area (Å²) in [7, 11) is 0. The summed E-state index contributed by atoms with van der Waals surface area (Å²) in [5.74, 6) is 1.84. The molecule has 9 aromatic carbocycles. The topological polar surface area (TPSA) is 24.0 Å². The van der Waals surface area contributed by atoms with Crippen LogP contribution in [0.15, 0.2) is 188 Å². The molecule has 0 atom stereocenters. The van der Waals surface area contributed by atoms with E-state index in [2.05, 4.69) is 223 Å². The van der Waals surface area contributed by atoms with Crippen LogP contribution in [0.5, 0.6) is 11.5 Å². The first-order chi connectivity index (χ1) is 30.9. The third kappa shape index (κ3) is 4.77. The fourth-order valence-corrected chi connectivity index (χ4v) is 11.2. The van der Waals surface area contributed by atoms with Gasteiger partial charge in [0.2, 0.25) is 0 Å². The SMILES string of the molecule is CC(C)(C)c1ccc2c(c1)B1c3c(cc(-c4ccccc4)cc3-n3c4ccc(-n5c6ccccc6c6ccccc65)cc4c4cc(-n5c6ccccc6c6ccccc65)cc1c43)O2. The van der Waals surface area contributed by atoms with Crippen molar-refractivity contribution in [3.05, 3.63) is 194 Å². The first-order valence-corrected chi connectivity index (χ1v) is 22.0. The fourth-order valence-electron chi connectivity index (χ4n) is 11.2. The van der Waals surface area contributed by atoms with Crippen LogP contribution in [0.1, 0.15) is 26.3 Å². The predicted molar refractivity (Wildman–Crippen MR) is 265 cm³/mol. The highest BCUT2D eigenvalue weighted by Gasteiger charge is 2.42. The molecule has 0 N–H and O–H groups in total. The highest BCUT2D eigenvalue weighted by molar-refractivity contribution is 6.99. The number of nitrogens with zero attached hydrogens (tertiary/aromatic N) is 3. The zero-order valence-corrected chi connectivity index (χ0v) is 35.2. The van der Waals surface area contributed by atoms with Crippen LogP contribution in [0, 0.1) is 0 Å². The van der Waals surface area contributed by atoms with Crippen LogP contribution >= 0.6 is 0 Å². The molecule has 12 aromatic rings. The monoisotopic (exact) mass is 805 g/mol. The summed E-state index contributed by atoms with van der Waals surface area (Å²) in [6, 6.07) is 69.7. The van der Waals surface area contributed by atoms with E-state index in [0.717, 1.165) is 28.4 Å². The number of fused-ring (bicyclic) bond motifs is 13. The van der Waals surface area contributed by atoms with Gasteiger partial charge in [-0.15, -0.1) is 0 Å². The molecular weight excluding hydrogens is 765 g/mol. The van der Waals surface area contributed by atoms with Crippen LogP contribution in [0.3, 0.4) is 0 Å². The highest BCUT2D eigenvalue weighted by Crippen LogP contribution is 2.43. The Morgan fingerprint density at radius 2 is 0.952 bits per heavy atom. The summed E-state index contributed by atoms with van der Waals surface area (Å²) in [4.78, 5) is 0. The Morgan fingerprint density at radius 1 is 0.397 bits per heavy atom. The Hall–Kier alpha value is -7.76. The zero-order chi connectivity index (χ0) is 41.7. The summed E-state index contributed by atoms with van der Waals surface area (Å²) < 4.78 is 14.6. The molecule has 0 fully saturated rings. The predicted octanol–water partition coefficient (Wildman–Crippen LogP) is 12.9. The van der Waals surface area contributed by atoms with Crippen LogP contribution in [0.25, 0.3) is 93.6 Å². The molecule has 5 heterocycles. The van der Waals surface area contributed by atoms with Gasteiger partial charge >= 0.3 is 0 Å². The number of benzene rings is 9. The standard InChI is InChI=1S/C58H40BN3O/c1-58(2,3)37-25-28-54-46(31-37)59-47-34-39(61-50-23-13-9-19-42(50)43-20-10-14-24-51(43)61)33-45-44-32-38(60-48-21-11-7-17-40(48)41-18-8-12-22-49(41)60)26-27-52(44)62(57(45)47)53-29-36(30-55(63-54)56(53)59)35-15-5-4-6-16-35/h4-34H,1-3H3. The minimum atomic E-state index is -0.0602. The number of ether oxygens (including phenoxy) is 1. The molecule has 296 valence electrons. The van der Waals surface area contributed by atoms with Gasteiger partial charge in [0.25, 0.3) is 6.71 Å². The van der Waals surface area contributed by atoms with Crippen molar-refractivity contribution in [2.75, 3.05) is 0 Å². The van der Waals surface area contributed by atoms with E-state index in [0.29, 0.717) is 0 Å². The second-order valence-electron chi connectivity index (χ2n) is 18.5. The molecule has 2 aliphatic rings. The van der Waals surface area contributed by atoms with Crippen molar-refractivity contribution >= 4 is 88.5 Å². The summed E-state index contributed by atoms with van der Waals surface area (Å²) >= 11 is 0. The maximum atomic E-state index is 7.10. The molecule has 0 radical (unpaired) electrons. The smallest absolute Gasteiger partial charge is 0.256 e. The molecule has 2 aliphatic heterocycles. The van der Waals surface area contributed by atoms with E-state index < -0.39 is 0 Å². The van der Waals surface area contributed by atoms with Gasteiger partial charge in [0, 0.05) is 54.9 Å².